The molecule has 3 amide bonds. The molecule has 3 aromatic carbocycles. The number of anilines is 1. The third-order valence-electron chi connectivity index (χ3n) is 7.28. The van der Waals surface area contributed by atoms with E-state index in [0.29, 0.717) is 29.0 Å². The fourth-order valence-corrected chi connectivity index (χ4v) is 5.01. The largest absolute Gasteiger partial charge is 0.508 e. The van der Waals surface area contributed by atoms with Crippen molar-refractivity contribution in [3.8, 4) is 11.5 Å². The van der Waals surface area contributed by atoms with E-state index < -0.39 is 35.6 Å². The topological polar surface area (TPSA) is 117 Å². The van der Waals surface area contributed by atoms with Crippen LogP contribution in [0.3, 0.4) is 0 Å². The van der Waals surface area contributed by atoms with E-state index >= 15 is 0 Å². The van der Waals surface area contributed by atoms with Gasteiger partial charge in [-0.1, -0.05) is 69.2 Å². The number of phenolic OH excluding ortho intramolecular Hbond substituents is 1. The number of rotatable bonds is 15. The number of phenols is 1. The van der Waals surface area contributed by atoms with Crippen LogP contribution < -0.4 is 15.4 Å². The lowest BCUT2D eigenvalue weighted by molar-refractivity contribution is -0.140. The molecular formula is C37H47N3O6. The molecule has 9 heteroatoms. The van der Waals surface area contributed by atoms with Crippen LogP contribution in [0.4, 0.5) is 10.5 Å². The van der Waals surface area contributed by atoms with Gasteiger partial charge in [0.25, 0.3) is 5.91 Å². The van der Waals surface area contributed by atoms with Crippen molar-refractivity contribution < 1.29 is 29.0 Å². The smallest absolute Gasteiger partial charge is 0.408 e. The summed E-state index contributed by atoms with van der Waals surface area (Å²) in [4.78, 5) is 43.5. The maximum absolute atomic E-state index is 14.7. The van der Waals surface area contributed by atoms with E-state index in [9.17, 15) is 19.5 Å². The minimum absolute atomic E-state index is 0.0849. The lowest BCUT2D eigenvalue weighted by Gasteiger charge is -2.35. The molecule has 3 aromatic rings. The molecule has 9 nitrogen and oxygen atoms in total. The Balaban J connectivity index is 2.09. The first-order chi connectivity index (χ1) is 21.9. The van der Waals surface area contributed by atoms with Crippen LogP contribution >= 0.6 is 0 Å². The van der Waals surface area contributed by atoms with E-state index in [0.717, 1.165) is 24.8 Å². The van der Waals surface area contributed by atoms with Crippen LogP contribution in [0, 0.1) is 0 Å². The molecule has 0 saturated heterocycles. The lowest BCUT2D eigenvalue weighted by Crippen LogP contribution is -2.53. The first-order valence-electron chi connectivity index (χ1n) is 15.7. The van der Waals surface area contributed by atoms with Gasteiger partial charge in [-0.15, -0.1) is 0 Å². The van der Waals surface area contributed by atoms with Gasteiger partial charge in [-0.2, -0.15) is 0 Å². The molecule has 0 saturated carbocycles. The summed E-state index contributed by atoms with van der Waals surface area (Å²) in [7, 11) is 1.57. The van der Waals surface area contributed by atoms with Crippen molar-refractivity contribution in [2.45, 2.75) is 77.5 Å². The number of methoxy groups -OCH3 is 1. The Morgan fingerprint density at radius 2 is 1.67 bits per heavy atom. The minimum Gasteiger partial charge on any atom is -0.508 e. The Bertz CT molecular complexity index is 1450. The average molecular weight is 630 g/mol. The summed E-state index contributed by atoms with van der Waals surface area (Å²) in [6.45, 7) is 11.5. The number of unbranched alkanes of at least 4 members (excludes halogenated alkanes) is 3. The van der Waals surface area contributed by atoms with Crippen LogP contribution in [-0.2, 0) is 20.7 Å². The minimum atomic E-state index is -1.07. The van der Waals surface area contributed by atoms with Crippen molar-refractivity contribution >= 4 is 29.7 Å². The van der Waals surface area contributed by atoms with Crippen molar-refractivity contribution in [3.05, 3.63) is 96.1 Å². The summed E-state index contributed by atoms with van der Waals surface area (Å²) in [5, 5.41) is 15.6. The second-order valence-electron chi connectivity index (χ2n) is 12.2. The number of hydrogen-bond donors (Lipinski definition) is 3. The second-order valence-corrected chi connectivity index (χ2v) is 12.2. The van der Waals surface area contributed by atoms with E-state index in [2.05, 4.69) is 24.1 Å². The molecule has 2 unspecified atom stereocenters. The van der Waals surface area contributed by atoms with Gasteiger partial charge < -0.3 is 30.1 Å². The number of benzene rings is 3. The van der Waals surface area contributed by atoms with Crippen molar-refractivity contribution in [1.29, 1.82) is 0 Å². The molecule has 0 aromatic heterocycles. The fraction of sp³-hybridized carbons (Fsp3) is 0.378. The van der Waals surface area contributed by atoms with Crippen LogP contribution in [0.15, 0.2) is 79.4 Å². The zero-order chi connectivity index (χ0) is 33.7. The van der Waals surface area contributed by atoms with Crippen molar-refractivity contribution in [2.75, 3.05) is 19.0 Å². The molecule has 0 radical (unpaired) electrons. The summed E-state index contributed by atoms with van der Waals surface area (Å²) in [6.07, 6.45) is 4.55. The summed E-state index contributed by atoms with van der Waals surface area (Å²) in [5.41, 5.74) is 1.87. The number of hydrogen-bond acceptors (Lipinski definition) is 6. The number of nitrogens with one attached hydrogen (secondary N) is 2. The van der Waals surface area contributed by atoms with Crippen LogP contribution in [0.1, 0.15) is 76.1 Å². The standard InChI is InChI=1S/C37H47N3O6/c1-7-9-10-11-23-40(35(43)32(39-36(44)46-37(3,4)5)25-27-15-19-30(41)20-16-27)33(28-14-12-13-26(8-2)24-28)34(42)38-29-17-21-31(45-6)22-18-29/h8,12-22,24,32-33,41H,2,7,9-11,23,25H2,1,3-6H3,(H,38,42)(H,39,44). The Hall–Kier alpha value is -4.79. The number of alkyl carbamates (subject to hydrolysis) is 1. The Kier molecular flexibility index (Phi) is 13.2. The maximum atomic E-state index is 14.7. The maximum Gasteiger partial charge on any atom is 0.408 e. The molecule has 46 heavy (non-hydrogen) atoms. The van der Waals surface area contributed by atoms with E-state index in [1.807, 2.05) is 24.3 Å². The Morgan fingerprint density at radius 1 is 0.978 bits per heavy atom. The first kappa shape index (κ1) is 35.7. The molecule has 0 aliphatic carbocycles. The van der Waals surface area contributed by atoms with Gasteiger partial charge in [-0.3, -0.25) is 9.59 Å². The highest BCUT2D eigenvalue weighted by molar-refractivity contribution is 5.99. The van der Waals surface area contributed by atoms with Gasteiger partial charge >= 0.3 is 6.09 Å². The number of amides is 3. The van der Waals surface area contributed by atoms with Gasteiger partial charge in [0.2, 0.25) is 5.91 Å². The van der Waals surface area contributed by atoms with Crippen LogP contribution in [-0.4, -0.2) is 53.2 Å². The zero-order valence-corrected chi connectivity index (χ0v) is 27.5. The highest BCUT2D eigenvalue weighted by atomic mass is 16.6. The zero-order valence-electron chi connectivity index (χ0n) is 27.5. The van der Waals surface area contributed by atoms with E-state index in [4.69, 9.17) is 9.47 Å². The van der Waals surface area contributed by atoms with Gasteiger partial charge in [0.1, 0.15) is 29.2 Å². The monoisotopic (exact) mass is 629 g/mol. The van der Waals surface area contributed by atoms with Crippen molar-refractivity contribution in [1.82, 2.24) is 10.2 Å². The highest BCUT2D eigenvalue weighted by Crippen LogP contribution is 2.28. The molecule has 0 heterocycles. The third-order valence-corrected chi connectivity index (χ3v) is 7.28. The summed E-state index contributed by atoms with van der Waals surface area (Å²) < 4.78 is 10.8. The molecule has 2 atom stereocenters. The summed E-state index contributed by atoms with van der Waals surface area (Å²) in [5.74, 6) is -0.113. The van der Waals surface area contributed by atoms with E-state index in [-0.39, 0.29) is 18.7 Å². The number of carbonyl (C=O) groups is 3. The van der Waals surface area contributed by atoms with Gasteiger partial charge in [0.05, 0.1) is 7.11 Å². The summed E-state index contributed by atoms with van der Waals surface area (Å²) in [6, 6.07) is 18.7. The second kappa shape index (κ2) is 17.1. The highest BCUT2D eigenvalue weighted by Gasteiger charge is 2.36. The lowest BCUT2D eigenvalue weighted by atomic mass is 9.98. The molecule has 0 aliphatic rings. The van der Waals surface area contributed by atoms with Crippen LogP contribution in [0.25, 0.3) is 6.08 Å². The SMILES string of the molecule is C=Cc1cccc(C(C(=O)Nc2ccc(OC)cc2)N(CCCCCC)C(=O)C(Cc2ccc(O)cc2)NC(=O)OC(C)(C)C)c1. The predicted octanol–water partition coefficient (Wildman–Crippen LogP) is 7.27. The summed E-state index contributed by atoms with van der Waals surface area (Å²) >= 11 is 0. The molecule has 0 aliphatic heterocycles. The molecular weight excluding hydrogens is 582 g/mol. The fourth-order valence-electron chi connectivity index (χ4n) is 5.01. The molecule has 3 rings (SSSR count). The van der Waals surface area contributed by atoms with Gasteiger partial charge in [-0.05, 0) is 86.3 Å². The number of ether oxygens (including phenoxy) is 2. The first-order valence-corrected chi connectivity index (χ1v) is 15.7. The van der Waals surface area contributed by atoms with Crippen LogP contribution in [0.2, 0.25) is 0 Å². The Labute approximate surface area is 272 Å². The van der Waals surface area contributed by atoms with Gasteiger partial charge in [-0.25, -0.2) is 4.79 Å². The third kappa shape index (κ3) is 11.0. The average Bonchev–Trinajstić information content (AvgIpc) is 3.02. The van der Waals surface area contributed by atoms with Crippen molar-refractivity contribution in [2.24, 2.45) is 0 Å². The molecule has 0 fully saturated rings. The van der Waals surface area contributed by atoms with Gasteiger partial charge in [0, 0.05) is 18.7 Å². The molecule has 3 N–H and O–H groups in total. The number of aromatic hydroxyl groups is 1. The Morgan fingerprint density at radius 3 is 2.28 bits per heavy atom. The number of carbonyl (C=O) groups excluding carboxylic acids is 3. The normalized spacial score (nSPS) is 12.4. The van der Waals surface area contributed by atoms with E-state index in [1.54, 1.807) is 75.3 Å². The molecule has 246 valence electrons. The van der Waals surface area contributed by atoms with Gasteiger partial charge in [0.15, 0.2) is 0 Å². The molecule has 0 bridgehead atoms. The quantitative estimate of drug-likeness (QED) is 0.152. The van der Waals surface area contributed by atoms with E-state index in [1.165, 1.54) is 12.1 Å². The predicted molar refractivity (Wildman–Crippen MR) is 182 cm³/mol. The molecule has 0 spiro atoms. The number of nitrogens with zero attached hydrogens (tertiary/aromatic N) is 1. The van der Waals surface area contributed by atoms with Crippen LogP contribution in [0.5, 0.6) is 11.5 Å². The van der Waals surface area contributed by atoms with Crippen molar-refractivity contribution in [3.63, 3.8) is 0 Å².